The van der Waals surface area contributed by atoms with Crippen LogP contribution in [0.25, 0.3) is 0 Å². The minimum Gasteiger partial charge on any atom is -0.332 e. The van der Waals surface area contributed by atoms with Crippen molar-refractivity contribution in [1.82, 2.24) is 10.6 Å². The van der Waals surface area contributed by atoms with E-state index in [0.717, 1.165) is 5.75 Å². The van der Waals surface area contributed by atoms with Crippen molar-refractivity contribution in [3.8, 4) is 0 Å². The third-order valence-corrected chi connectivity index (χ3v) is 4.42. The van der Waals surface area contributed by atoms with Gasteiger partial charge in [0.25, 0.3) is 0 Å². The average Bonchev–Trinajstić information content (AvgIpc) is 2.66. The highest BCUT2D eigenvalue weighted by molar-refractivity contribution is 8.00. The fourth-order valence-corrected chi connectivity index (χ4v) is 3.49. The van der Waals surface area contributed by atoms with E-state index in [9.17, 15) is 9.59 Å². The van der Waals surface area contributed by atoms with Gasteiger partial charge in [-0.2, -0.15) is 11.8 Å². The quantitative estimate of drug-likeness (QED) is 0.701. The minimum absolute atomic E-state index is 0.0905. The van der Waals surface area contributed by atoms with Crippen molar-refractivity contribution >= 4 is 23.6 Å². The molecule has 15 heavy (non-hydrogen) atoms. The van der Waals surface area contributed by atoms with E-state index in [2.05, 4.69) is 10.6 Å². The fourth-order valence-electron chi connectivity index (χ4n) is 2.00. The van der Waals surface area contributed by atoms with E-state index in [0.29, 0.717) is 6.42 Å². The molecule has 2 aliphatic rings. The molecule has 0 aromatic heterocycles. The summed E-state index contributed by atoms with van der Waals surface area (Å²) < 4.78 is 0. The molecule has 3 atom stereocenters. The molecule has 2 saturated heterocycles. The molecule has 2 heterocycles. The number of hydrogen-bond donors (Lipinski definition) is 2. The lowest BCUT2D eigenvalue weighted by atomic mass is 9.99. The number of hydrogen-bond acceptors (Lipinski definition) is 3. The van der Waals surface area contributed by atoms with Gasteiger partial charge in [0.2, 0.25) is 0 Å². The van der Waals surface area contributed by atoms with Crippen LogP contribution in [-0.2, 0) is 4.79 Å². The van der Waals surface area contributed by atoms with Crippen LogP contribution in [0.2, 0.25) is 0 Å². The van der Waals surface area contributed by atoms with Crippen LogP contribution in [0.5, 0.6) is 0 Å². The van der Waals surface area contributed by atoms with Crippen LogP contribution < -0.4 is 10.6 Å². The molecule has 0 aromatic carbocycles. The second-order valence-electron chi connectivity index (χ2n) is 4.45. The molecule has 2 fully saturated rings. The number of nitrogens with one attached hydrogen (secondary N) is 2. The lowest BCUT2D eigenvalue weighted by Crippen LogP contribution is -2.38. The van der Waals surface area contributed by atoms with Gasteiger partial charge >= 0.3 is 6.03 Å². The summed E-state index contributed by atoms with van der Waals surface area (Å²) in [5.41, 5.74) is 0. The number of carbonyl (C=O) groups excluding carboxylic acids is 2. The van der Waals surface area contributed by atoms with Crippen LogP contribution in [0.4, 0.5) is 4.79 Å². The van der Waals surface area contributed by atoms with Gasteiger partial charge in [-0.1, -0.05) is 13.8 Å². The number of amides is 2. The van der Waals surface area contributed by atoms with E-state index in [1.165, 1.54) is 0 Å². The van der Waals surface area contributed by atoms with Crippen molar-refractivity contribution < 1.29 is 9.59 Å². The van der Waals surface area contributed by atoms with Crippen LogP contribution in [0.3, 0.4) is 0 Å². The standard InChI is InChI=1S/C10H16N2O2S/c1-5(2)7(13)3-8-9-6(4-15-8)11-10(14)12-9/h5-6,8-9H,3-4H2,1-2H3,(H2,11,12,14). The maximum Gasteiger partial charge on any atom is 0.315 e. The smallest absolute Gasteiger partial charge is 0.315 e. The van der Waals surface area contributed by atoms with E-state index in [1.54, 1.807) is 11.8 Å². The first-order chi connectivity index (χ1) is 7.08. The van der Waals surface area contributed by atoms with E-state index < -0.39 is 0 Å². The van der Waals surface area contributed by atoms with Crippen LogP contribution in [0.15, 0.2) is 0 Å². The SMILES string of the molecule is CC(C)C(=O)CC1SCC2NC(=O)NC21. The van der Waals surface area contributed by atoms with Gasteiger partial charge in [-0.3, -0.25) is 4.79 Å². The second-order valence-corrected chi connectivity index (χ2v) is 5.72. The topological polar surface area (TPSA) is 58.2 Å². The monoisotopic (exact) mass is 228 g/mol. The Morgan fingerprint density at radius 2 is 2.27 bits per heavy atom. The Morgan fingerprint density at radius 3 is 2.93 bits per heavy atom. The van der Waals surface area contributed by atoms with Gasteiger partial charge in [-0.05, 0) is 0 Å². The Morgan fingerprint density at radius 1 is 1.53 bits per heavy atom. The summed E-state index contributed by atoms with van der Waals surface area (Å²) in [5.74, 6) is 1.29. The molecular formula is C10H16N2O2S. The van der Waals surface area contributed by atoms with Crippen molar-refractivity contribution in [2.45, 2.75) is 37.6 Å². The van der Waals surface area contributed by atoms with Crippen LogP contribution >= 0.6 is 11.8 Å². The molecule has 2 N–H and O–H groups in total. The van der Waals surface area contributed by atoms with Crippen molar-refractivity contribution in [1.29, 1.82) is 0 Å². The van der Waals surface area contributed by atoms with Crippen molar-refractivity contribution in [3.05, 3.63) is 0 Å². The molecule has 0 bridgehead atoms. The molecule has 0 spiro atoms. The highest BCUT2D eigenvalue weighted by atomic mass is 32.2. The molecule has 0 aromatic rings. The Kier molecular flexibility index (Phi) is 2.91. The van der Waals surface area contributed by atoms with Gasteiger partial charge < -0.3 is 10.6 Å². The minimum atomic E-state index is -0.0905. The fraction of sp³-hybridized carbons (Fsp3) is 0.800. The first-order valence-electron chi connectivity index (χ1n) is 5.29. The molecule has 2 aliphatic heterocycles. The van der Waals surface area contributed by atoms with Crippen molar-refractivity contribution in [3.63, 3.8) is 0 Å². The highest BCUT2D eigenvalue weighted by Crippen LogP contribution is 2.32. The van der Waals surface area contributed by atoms with Crippen molar-refractivity contribution in [2.75, 3.05) is 5.75 Å². The number of fused-ring (bicyclic) bond motifs is 1. The van der Waals surface area contributed by atoms with Crippen LogP contribution in [-0.4, -0.2) is 34.9 Å². The molecule has 3 unspecified atom stereocenters. The summed E-state index contributed by atoms with van der Waals surface area (Å²) >= 11 is 1.78. The largest absolute Gasteiger partial charge is 0.332 e. The average molecular weight is 228 g/mol. The summed E-state index contributed by atoms with van der Waals surface area (Å²) in [7, 11) is 0. The molecule has 5 heteroatoms. The van der Waals surface area contributed by atoms with Gasteiger partial charge in [0.1, 0.15) is 5.78 Å². The summed E-state index contributed by atoms with van der Waals surface area (Å²) in [4.78, 5) is 22.7. The predicted octanol–water partition coefficient (Wildman–Crippen LogP) is 0.767. The number of carbonyl (C=O) groups is 2. The summed E-state index contributed by atoms with van der Waals surface area (Å²) in [6, 6.07) is 0.268. The third-order valence-electron chi connectivity index (χ3n) is 2.98. The van der Waals surface area contributed by atoms with Gasteiger partial charge in [0, 0.05) is 23.3 Å². The van der Waals surface area contributed by atoms with Gasteiger partial charge in [-0.25, -0.2) is 4.79 Å². The Balaban J connectivity index is 1.94. The van der Waals surface area contributed by atoms with E-state index >= 15 is 0 Å². The molecule has 4 nitrogen and oxygen atoms in total. The number of urea groups is 1. The zero-order chi connectivity index (χ0) is 11.0. The van der Waals surface area contributed by atoms with Gasteiger partial charge in [0.15, 0.2) is 0 Å². The Bertz CT molecular complexity index is 293. The maximum absolute atomic E-state index is 11.6. The summed E-state index contributed by atoms with van der Waals surface area (Å²) in [5, 5.41) is 6.01. The first-order valence-corrected chi connectivity index (χ1v) is 6.34. The normalized spacial score (nSPS) is 33.8. The molecule has 0 radical (unpaired) electrons. The number of thioether (sulfide) groups is 1. The highest BCUT2D eigenvalue weighted by Gasteiger charge is 2.43. The first kappa shape index (κ1) is 10.8. The zero-order valence-corrected chi connectivity index (χ0v) is 9.76. The van der Waals surface area contributed by atoms with Crippen molar-refractivity contribution in [2.24, 2.45) is 5.92 Å². The predicted molar refractivity (Wildman–Crippen MR) is 60.0 cm³/mol. The lowest BCUT2D eigenvalue weighted by Gasteiger charge is -2.16. The zero-order valence-electron chi connectivity index (χ0n) is 8.95. The molecule has 84 valence electrons. The summed E-state index contributed by atoms with van der Waals surface area (Å²) in [6.45, 7) is 3.84. The van der Waals surface area contributed by atoms with Crippen LogP contribution in [0, 0.1) is 5.92 Å². The van der Waals surface area contributed by atoms with E-state index in [-0.39, 0.29) is 35.1 Å². The Labute approximate surface area is 93.6 Å². The maximum atomic E-state index is 11.6. The molecule has 0 saturated carbocycles. The number of ketones is 1. The van der Waals surface area contributed by atoms with Crippen LogP contribution in [0.1, 0.15) is 20.3 Å². The molecular weight excluding hydrogens is 212 g/mol. The van der Waals surface area contributed by atoms with E-state index in [1.807, 2.05) is 13.8 Å². The van der Waals surface area contributed by atoms with Gasteiger partial charge in [0.05, 0.1) is 12.1 Å². The second kappa shape index (κ2) is 4.04. The van der Waals surface area contributed by atoms with E-state index in [4.69, 9.17) is 0 Å². The number of Topliss-reactive ketones (excluding diaryl/α,β-unsaturated/α-hetero) is 1. The molecule has 2 amide bonds. The molecule has 2 rings (SSSR count). The molecule has 0 aliphatic carbocycles. The third kappa shape index (κ3) is 2.12. The summed E-state index contributed by atoms with van der Waals surface area (Å²) in [6.07, 6.45) is 0.575. The van der Waals surface area contributed by atoms with Gasteiger partial charge in [-0.15, -0.1) is 0 Å². The lowest BCUT2D eigenvalue weighted by molar-refractivity contribution is -0.121. The number of rotatable bonds is 3. The Hall–Kier alpha value is -0.710.